The molecule has 3 unspecified atom stereocenters. The van der Waals surface area contributed by atoms with Crippen molar-refractivity contribution >= 4 is 6.03 Å². The highest BCUT2D eigenvalue weighted by Gasteiger charge is 2.29. The van der Waals surface area contributed by atoms with Gasteiger partial charge in [0.15, 0.2) is 0 Å². The fourth-order valence-corrected chi connectivity index (χ4v) is 3.70. The number of amides is 2. The molecule has 1 aliphatic heterocycles. The van der Waals surface area contributed by atoms with Crippen LogP contribution in [0.4, 0.5) is 13.6 Å². The van der Waals surface area contributed by atoms with Crippen molar-refractivity contribution in [1.82, 2.24) is 10.2 Å². The van der Waals surface area contributed by atoms with Crippen molar-refractivity contribution in [3.63, 3.8) is 0 Å². The molecule has 0 aromatic heterocycles. The van der Waals surface area contributed by atoms with Crippen LogP contribution in [0.2, 0.25) is 0 Å². The number of hydrogen-bond donors (Lipinski definition) is 1. The molecule has 7 heteroatoms. The first-order valence-corrected chi connectivity index (χ1v) is 8.71. The van der Waals surface area contributed by atoms with Gasteiger partial charge in [-0.1, -0.05) is 6.07 Å². The van der Waals surface area contributed by atoms with Crippen LogP contribution in [-0.4, -0.2) is 42.8 Å². The maximum atomic E-state index is 12.6. The summed E-state index contributed by atoms with van der Waals surface area (Å²) in [6, 6.07) is 4.76. The smallest absolute Gasteiger partial charge is 0.387 e. The molecule has 1 aromatic rings. The van der Waals surface area contributed by atoms with Crippen molar-refractivity contribution in [2.24, 2.45) is 0 Å². The number of morpholine rings is 1. The number of carbonyl (C=O) groups excluding carboxylic acids is 1. The highest BCUT2D eigenvalue weighted by Crippen LogP contribution is 2.33. The Morgan fingerprint density at radius 1 is 1.32 bits per heavy atom. The van der Waals surface area contributed by atoms with Crippen LogP contribution in [0.3, 0.4) is 0 Å². The molecule has 1 N–H and O–H groups in total. The second kappa shape index (κ2) is 7.56. The monoisotopic (exact) mass is 354 g/mol. The first-order valence-electron chi connectivity index (χ1n) is 8.71. The zero-order valence-electron chi connectivity index (χ0n) is 14.5. The molecule has 3 atom stereocenters. The molecular formula is C18H24F2N2O3. The van der Waals surface area contributed by atoms with E-state index in [2.05, 4.69) is 10.1 Å². The third-order valence-corrected chi connectivity index (χ3v) is 4.66. The first-order chi connectivity index (χ1) is 11.9. The fourth-order valence-electron chi connectivity index (χ4n) is 3.70. The highest BCUT2D eigenvalue weighted by molar-refractivity contribution is 5.75. The zero-order valence-corrected chi connectivity index (χ0v) is 14.5. The minimum Gasteiger partial charge on any atom is -0.435 e. The number of aryl methyl sites for hydroxylation is 1. The van der Waals surface area contributed by atoms with E-state index in [0.717, 1.165) is 30.4 Å². The molecular weight excluding hydrogens is 330 g/mol. The molecule has 138 valence electrons. The van der Waals surface area contributed by atoms with E-state index >= 15 is 0 Å². The van der Waals surface area contributed by atoms with E-state index in [1.807, 2.05) is 13.8 Å². The van der Waals surface area contributed by atoms with Gasteiger partial charge in [0.1, 0.15) is 5.75 Å². The molecule has 1 fully saturated rings. The minimum atomic E-state index is -2.83. The maximum Gasteiger partial charge on any atom is 0.387 e. The van der Waals surface area contributed by atoms with E-state index in [9.17, 15) is 13.6 Å². The van der Waals surface area contributed by atoms with E-state index in [-0.39, 0.29) is 30.0 Å². The van der Waals surface area contributed by atoms with Crippen molar-refractivity contribution in [1.29, 1.82) is 0 Å². The average Bonchev–Trinajstić information content (AvgIpc) is 2.53. The number of halogens is 2. The van der Waals surface area contributed by atoms with Crippen molar-refractivity contribution in [2.45, 2.75) is 58.0 Å². The molecule has 1 heterocycles. The quantitative estimate of drug-likeness (QED) is 0.904. The summed E-state index contributed by atoms with van der Waals surface area (Å²) < 4.78 is 34.9. The number of rotatable bonds is 3. The van der Waals surface area contributed by atoms with Crippen molar-refractivity contribution < 1.29 is 23.0 Å². The van der Waals surface area contributed by atoms with Crippen molar-refractivity contribution in [3.8, 4) is 5.75 Å². The summed E-state index contributed by atoms with van der Waals surface area (Å²) in [7, 11) is 0. The number of urea groups is 1. The van der Waals surface area contributed by atoms with Gasteiger partial charge in [0.25, 0.3) is 0 Å². The van der Waals surface area contributed by atoms with Crippen LogP contribution in [0, 0.1) is 0 Å². The van der Waals surface area contributed by atoms with Crippen molar-refractivity contribution in [3.05, 3.63) is 29.3 Å². The number of carbonyl (C=O) groups is 1. The summed E-state index contributed by atoms with van der Waals surface area (Å²) in [5.74, 6) is 0.163. The zero-order chi connectivity index (χ0) is 18.0. The number of alkyl halides is 2. The molecule has 1 saturated heterocycles. The Morgan fingerprint density at radius 2 is 2.04 bits per heavy atom. The van der Waals surface area contributed by atoms with Gasteiger partial charge in [-0.15, -0.1) is 0 Å². The largest absolute Gasteiger partial charge is 0.435 e. The molecule has 25 heavy (non-hydrogen) atoms. The normalized spacial score (nSPS) is 26.3. The Labute approximate surface area is 146 Å². The second-order valence-electron chi connectivity index (χ2n) is 6.80. The average molecular weight is 354 g/mol. The van der Waals surface area contributed by atoms with Gasteiger partial charge in [-0.2, -0.15) is 8.78 Å². The summed E-state index contributed by atoms with van der Waals surface area (Å²) in [4.78, 5) is 14.4. The molecule has 1 aromatic carbocycles. The Morgan fingerprint density at radius 3 is 2.72 bits per heavy atom. The van der Waals surface area contributed by atoms with E-state index in [1.165, 1.54) is 6.07 Å². The Hall–Kier alpha value is -1.89. The Balaban J connectivity index is 1.69. The molecule has 0 spiro atoms. The summed E-state index contributed by atoms with van der Waals surface area (Å²) in [5.41, 5.74) is 1.94. The Kier molecular flexibility index (Phi) is 5.42. The molecule has 5 nitrogen and oxygen atoms in total. The van der Waals surface area contributed by atoms with E-state index < -0.39 is 6.61 Å². The topological polar surface area (TPSA) is 50.8 Å². The molecule has 0 bridgehead atoms. The van der Waals surface area contributed by atoms with Crippen LogP contribution in [0.15, 0.2) is 18.2 Å². The predicted octanol–water partition coefficient (Wildman–Crippen LogP) is 3.48. The summed E-state index contributed by atoms with van der Waals surface area (Å²) in [5, 5.41) is 3.09. The van der Waals surface area contributed by atoms with Crippen LogP contribution in [0.1, 0.15) is 43.9 Å². The van der Waals surface area contributed by atoms with Crippen LogP contribution >= 0.6 is 0 Å². The lowest BCUT2D eigenvalue weighted by atomic mass is 9.87. The van der Waals surface area contributed by atoms with Gasteiger partial charge >= 0.3 is 12.6 Å². The van der Waals surface area contributed by atoms with Gasteiger partial charge in [-0.05, 0) is 56.4 Å². The lowest BCUT2D eigenvalue weighted by Crippen LogP contribution is -2.52. The lowest BCUT2D eigenvalue weighted by Gasteiger charge is -2.37. The molecule has 2 amide bonds. The minimum absolute atomic E-state index is 0.0159. The standard InChI is InChI=1S/C18H24F2N2O3/c1-11-9-22(10-12(2)24-11)18(23)21-16-5-3-4-13-8-14(25-17(19)20)6-7-15(13)16/h6-8,11-12,16-17H,3-5,9-10H2,1-2H3,(H,21,23). The number of nitrogens with one attached hydrogen (secondary N) is 1. The first kappa shape index (κ1) is 17.9. The summed E-state index contributed by atoms with van der Waals surface area (Å²) in [6.45, 7) is 2.21. The summed E-state index contributed by atoms with van der Waals surface area (Å²) >= 11 is 0. The van der Waals surface area contributed by atoms with Crippen LogP contribution in [0.5, 0.6) is 5.75 Å². The van der Waals surface area contributed by atoms with Crippen LogP contribution in [0.25, 0.3) is 0 Å². The molecule has 0 radical (unpaired) electrons. The maximum absolute atomic E-state index is 12.6. The molecule has 3 rings (SSSR count). The van der Waals surface area contributed by atoms with E-state index in [4.69, 9.17) is 4.74 Å². The SMILES string of the molecule is CC1CN(C(=O)NC2CCCc3cc(OC(F)F)ccc32)CC(C)O1. The molecule has 2 aliphatic rings. The number of hydrogen-bond acceptors (Lipinski definition) is 3. The fraction of sp³-hybridized carbons (Fsp3) is 0.611. The van der Waals surface area contributed by atoms with Crippen LogP contribution < -0.4 is 10.1 Å². The van der Waals surface area contributed by atoms with Crippen molar-refractivity contribution in [2.75, 3.05) is 13.1 Å². The number of nitrogens with zero attached hydrogens (tertiary/aromatic N) is 1. The number of fused-ring (bicyclic) bond motifs is 1. The number of benzene rings is 1. The predicted molar refractivity (Wildman–Crippen MR) is 88.9 cm³/mol. The van der Waals surface area contributed by atoms with Gasteiger partial charge < -0.3 is 19.7 Å². The van der Waals surface area contributed by atoms with E-state index in [1.54, 1.807) is 17.0 Å². The summed E-state index contributed by atoms with van der Waals surface area (Å²) in [6.07, 6.45) is 2.56. The Bertz CT molecular complexity index is 616. The van der Waals surface area contributed by atoms with Gasteiger partial charge in [-0.3, -0.25) is 0 Å². The second-order valence-corrected chi connectivity index (χ2v) is 6.80. The third kappa shape index (κ3) is 4.39. The van der Waals surface area contributed by atoms with Gasteiger partial charge in [0, 0.05) is 13.1 Å². The van der Waals surface area contributed by atoms with Crippen LogP contribution in [-0.2, 0) is 11.2 Å². The van der Waals surface area contributed by atoms with Gasteiger partial charge in [-0.25, -0.2) is 4.79 Å². The van der Waals surface area contributed by atoms with Gasteiger partial charge in [0.2, 0.25) is 0 Å². The highest BCUT2D eigenvalue weighted by atomic mass is 19.3. The lowest BCUT2D eigenvalue weighted by molar-refractivity contribution is -0.0548. The van der Waals surface area contributed by atoms with E-state index in [0.29, 0.717) is 13.1 Å². The number of ether oxygens (including phenoxy) is 2. The third-order valence-electron chi connectivity index (χ3n) is 4.66. The molecule has 1 aliphatic carbocycles. The molecule has 0 saturated carbocycles. The van der Waals surface area contributed by atoms with Gasteiger partial charge in [0.05, 0.1) is 18.2 Å².